The summed E-state index contributed by atoms with van der Waals surface area (Å²) in [5.41, 5.74) is 0.266. The lowest BCUT2D eigenvalue weighted by atomic mass is 9.94. The summed E-state index contributed by atoms with van der Waals surface area (Å²) in [7, 11) is 1.91. The van der Waals surface area contributed by atoms with Gasteiger partial charge in [0.1, 0.15) is 0 Å². The van der Waals surface area contributed by atoms with Gasteiger partial charge in [-0.25, -0.2) is 4.79 Å². The molecule has 0 aliphatic carbocycles. The summed E-state index contributed by atoms with van der Waals surface area (Å²) in [6.07, 6.45) is 3.67. The molecule has 4 heteroatoms. The molecular weight excluding hydrogens is 238 g/mol. The number of hydrogen-bond acceptors (Lipinski definition) is 2. The highest BCUT2D eigenvalue weighted by atomic mass is 16.2. The molecule has 2 aliphatic rings. The fourth-order valence-corrected chi connectivity index (χ4v) is 3.67. The van der Waals surface area contributed by atoms with Gasteiger partial charge in [-0.2, -0.15) is 0 Å². The molecule has 0 aromatic rings. The van der Waals surface area contributed by atoms with Crippen molar-refractivity contribution >= 4 is 6.03 Å². The third kappa shape index (κ3) is 2.60. The van der Waals surface area contributed by atoms with Crippen molar-refractivity contribution in [3.8, 4) is 0 Å². The third-order valence-corrected chi connectivity index (χ3v) is 4.95. The molecule has 1 spiro atoms. The minimum atomic E-state index is 0.197. The van der Waals surface area contributed by atoms with Crippen LogP contribution in [-0.2, 0) is 0 Å². The molecule has 1 atom stereocenters. The monoisotopic (exact) mass is 267 g/mol. The zero-order chi connectivity index (χ0) is 14.2. The van der Waals surface area contributed by atoms with Crippen LogP contribution in [0.5, 0.6) is 0 Å². The molecule has 0 aromatic heterocycles. The van der Waals surface area contributed by atoms with Gasteiger partial charge in [0.25, 0.3) is 0 Å². The molecule has 2 aliphatic heterocycles. The zero-order valence-electron chi connectivity index (χ0n) is 13.1. The molecule has 110 valence electrons. The second-order valence-electron chi connectivity index (χ2n) is 6.77. The first-order valence-electron chi connectivity index (χ1n) is 7.66. The van der Waals surface area contributed by atoms with Crippen molar-refractivity contribution in [2.75, 3.05) is 26.7 Å². The van der Waals surface area contributed by atoms with E-state index >= 15 is 0 Å². The molecule has 0 bridgehead atoms. The van der Waals surface area contributed by atoms with Crippen LogP contribution in [0.25, 0.3) is 0 Å². The topological polar surface area (TPSA) is 26.8 Å². The van der Waals surface area contributed by atoms with E-state index < -0.39 is 0 Å². The van der Waals surface area contributed by atoms with Crippen molar-refractivity contribution in [2.45, 2.75) is 64.6 Å². The average Bonchev–Trinajstić information content (AvgIpc) is 2.95. The lowest BCUT2D eigenvalue weighted by Gasteiger charge is -2.38. The molecule has 19 heavy (non-hydrogen) atoms. The molecule has 4 nitrogen and oxygen atoms in total. The van der Waals surface area contributed by atoms with E-state index in [0.29, 0.717) is 6.04 Å². The number of nitrogens with zero attached hydrogens (tertiary/aromatic N) is 3. The molecule has 2 amide bonds. The van der Waals surface area contributed by atoms with E-state index in [9.17, 15) is 4.79 Å². The number of carbonyl (C=O) groups excluding carboxylic acids is 1. The van der Waals surface area contributed by atoms with E-state index in [1.54, 1.807) is 0 Å². The maximum absolute atomic E-state index is 12.4. The lowest BCUT2D eigenvalue weighted by molar-refractivity contribution is 0.103. The van der Waals surface area contributed by atoms with Gasteiger partial charge in [0.2, 0.25) is 0 Å². The fraction of sp³-hybridized carbons (Fsp3) is 0.933. The number of rotatable bonds is 2. The molecule has 2 saturated heterocycles. The van der Waals surface area contributed by atoms with Crippen molar-refractivity contribution in [3.63, 3.8) is 0 Å². The lowest BCUT2D eigenvalue weighted by Crippen LogP contribution is -2.51. The Morgan fingerprint density at radius 2 is 1.84 bits per heavy atom. The SMILES string of the molecule is CC(C)N(C)C(=O)N1CCC2(CCCN2C(C)C)C1. The largest absolute Gasteiger partial charge is 0.325 e. The highest BCUT2D eigenvalue weighted by Gasteiger charge is 2.48. The molecule has 0 saturated carbocycles. The summed E-state index contributed by atoms with van der Waals surface area (Å²) in [6, 6.07) is 1.05. The summed E-state index contributed by atoms with van der Waals surface area (Å²) in [6.45, 7) is 11.7. The van der Waals surface area contributed by atoms with E-state index in [-0.39, 0.29) is 17.6 Å². The van der Waals surface area contributed by atoms with Crippen molar-refractivity contribution in [1.29, 1.82) is 0 Å². The van der Waals surface area contributed by atoms with Gasteiger partial charge < -0.3 is 9.80 Å². The summed E-state index contributed by atoms with van der Waals surface area (Å²) < 4.78 is 0. The second-order valence-corrected chi connectivity index (χ2v) is 6.77. The molecule has 0 aromatic carbocycles. The van der Waals surface area contributed by atoms with Crippen LogP contribution in [-0.4, -0.2) is 65.0 Å². The first-order chi connectivity index (χ1) is 8.87. The second kappa shape index (κ2) is 5.31. The maximum atomic E-state index is 12.4. The predicted molar refractivity (Wildman–Crippen MR) is 78.3 cm³/mol. The minimum absolute atomic E-state index is 0.197. The van der Waals surface area contributed by atoms with E-state index in [2.05, 4.69) is 37.5 Å². The summed E-state index contributed by atoms with van der Waals surface area (Å²) in [5.74, 6) is 0. The Balaban J connectivity index is 2.05. The van der Waals surface area contributed by atoms with E-state index in [1.807, 2.05) is 11.9 Å². The number of likely N-dealkylation sites (tertiary alicyclic amines) is 2. The third-order valence-electron chi connectivity index (χ3n) is 4.95. The van der Waals surface area contributed by atoms with Crippen LogP contribution >= 0.6 is 0 Å². The van der Waals surface area contributed by atoms with Gasteiger partial charge in [-0.3, -0.25) is 4.90 Å². The number of hydrogen-bond donors (Lipinski definition) is 0. The van der Waals surface area contributed by atoms with Crippen molar-refractivity contribution in [3.05, 3.63) is 0 Å². The Bertz CT molecular complexity index is 342. The number of amides is 2. The summed E-state index contributed by atoms with van der Waals surface area (Å²) in [5, 5.41) is 0. The van der Waals surface area contributed by atoms with Gasteiger partial charge in [-0.1, -0.05) is 0 Å². The normalized spacial score (nSPS) is 28.1. The summed E-state index contributed by atoms with van der Waals surface area (Å²) in [4.78, 5) is 19.0. The Morgan fingerprint density at radius 3 is 2.42 bits per heavy atom. The van der Waals surface area contributed by atoms with Crippen LogP contribution in [0.15, 0.2) is 0 Å². The highest BCUT2D eigenvalue weighted by molar-refractivity contribution is 5.75. The van der Waals surface area contributed by atoms with Crippen molar-refractivity contribution < 1.29 is 4.79 Å². The van der Waals surface area contributed by atoms with Crippen LogP contribution in [0, 0.1) is 0 Å². The smallest absolute Gasteiger partial charge is 0.320 e. The van der Waals surface area contributed by atoms with E-state index in [0.717, 1.165) is 19.5 Å². The number of urea groups is 1. The molecule has 1 unspecified atom stereocenters. The molecule has 2 rings (SSSR count). The minimum Gasteiger partial charge on any atom is -0.325 e. The van der Waals surface area contributed by atoms with Crippen LogP contribution in [0.4, 0.5) is 4.79 Å². The van der Waals surface area contributed by atoms with Gasteiger partial charge in [0.15, 0.2) is 0 Å². The van der Waals surface area contributed by atoms with Crippen molar-refractivity contribution in [2.24, 2.45) is 0 Å². The zero-order valence-corrected chi connectivity index (χ0v) is 13.1. The Labute approximate surface area is 117 Å². The standard InChI is InChI=1S/C15H29N3O/c1-12(2)16(5)14(19)17-10-8-15(11-17)7-6-9-18(15)13(3)4/h12-13H,6-11H2,1-5H3. The fourth-order valence-electron chi connectivity index (χ4n) is 3.67. The van der Waals surface area contributed by atoms with E-state index in [4.69, 9.17) is 0 Å². The van der Waals surface area contributed by atoms with Crippen LogP contribution < -0.4 is 0 Å². The Kier molecular flexibility index (Phi) is 4.09. The van der Waals surface area contributed by atoms with Crippen LogP contribution in [0.3, 0.4) is 0 Å². The number of carbonyl (C=O) groups is 1. The first-order valence-corrected chi connectivity index (χ1v) is 7.66. The van der Waals surface area contributed by atoms with Gasteiger partial charge in [0.05, 0.1) is 0 Å². The van der Waals surface area contributed by atoms with Gasteiger partial charge in [-0.05, 0) is 53.5 Å². The highest BCUT2D eigenvalue weighted by Crippen LogP contribution is 2.39. The van der Waals surface area contributed by atoms with Gasteiger partial charge in [0, 0.05) is 37.8 Å². The maximum Gasteiger partial charge on any atom is 0.320 e. The predicted octanol–water partition coefficient (Wildman–Crippen LogP) is 2.40. The summed E-state index contributed by atoms with van der Waals surface area (Å²) >= 11 is 0. The van der Waals surface area contributed by atoms with Crippen molar-refractivity contribution in [1.82, 2.24) is 14.7 Å². The molecule has 2 fully saturated rings. The molecule has 0 radical (unpaired) electrons. The molecular formula is C15H29N3O. The molecule has 0 N–H and O–H groups in total. The average molecular weight is 267 g/mol. The van der Waals surface area contributed by atoms with Crippen LogP contribution in [0.1, 0.15) is 47.0 Å². The van der Waals surface area contributed by atoms with Gasteiger partial charge in [-0.15, -0.1) is 0 Å². The first kappa shape index (κ1) is 14.6. The Hall–Kier alpha value is -0.770. The van der Waals surface area contributed by atoms with Gasteiger partial charge >= 0.3 is 6.03 Å². The Morgan fingerprint density at radius 1 is 1.16 bits per heavy atom. The molecule has 2 heterocycles. The quantitative estimate of drug-likeness (QED) is 0.768. The van der Waals surface area contributed by atoms with Crippen LogP contribution in [0.2, 0.25) is 0 Å². The van der Waals surface area contributed by atoms with E-state index in [1.165, 1.54) is 19.4 Å².